The molecule has 5 N–H and O–H groups in total. The first kappa shape index (κ1) is 33.9. The molecule has 0 radical (unpaired) electrons. The Kier molecular flexibility index (Phi) is 10.0. The molecule has 1 aromatic rings. The number of likely N-dealkylation sites (tertiary alicyclic amines) is 1. The van der Waals surface area contributed by atoms with Crippen LogP contribution < -0.4 is 21.7 Å². The molecule has 5 aliphatic rings. The molecule has 4 saturated carbocycles. The van der Waals surface area contributed by atoms with Crippen molar-refractivity contribution in [3.05, 3.63) is 22.4 Å². The van der Waals surface area contributed by atoms with Crippen LogP contribution in [0, 0.1) is 29.1 Å². The molecular weight excluding hydrogens is 614 g/mol. The molecule has 0 aromatic carbocycles. The van der Waals surface area contributed by atoms with E-state index >= 15 is 0 Å². The molecule has 11 heteroatoms. The van der Waals surface area contributed by atoms with Crippen molar-refractivity contribution >= 4 is 40.9 Å². The van der Waals surface area contributed by atoms with Crippen LogP contribution in [-0.2, 0) is 25.6 Å². The van der Waals surface area contributed by atoms with Crippen molar-refractivity contribution in [1.82, 2.24) is 20.9 Å². The predicted molar refractivity (Wildman–Crippen MR) is 180 cm³/mol. The Morgan fingerprint density at radius 1 is 0.979 bits per heavy atom. The zero-order chi connectivity index (χ0) is 33.3. The standard InChI is InChI=1S/C36H53N5O5S/c1-35(2)20-25-26(35)21-41(29(25)32(44)38-27(18-22-13-14-22)30(42)31(37)43)33(45)28(23-10-5-3-6-11-23)39-34(46)40-36(15-7-4-8-16-36)19-24-12-9-17-47-24/h9,12,17,22-23,25-29H,3-8,10-11,13-16,18-21H2,1-2H3,(H2,37,43)(H,38,44)(H2,39,40,46)/t25-,26-,27?,28-,29-/m0/s1. The van der Waals surface area contributed by atoms with Crippen molar-refractivity contribution in [2.75, 3.05) is 6.54 Å². The minimum Gasteiger partial charge on any atom is -0.363 e. The Hall–Kier alpha value is -2.95. The number of hydrogen-bond donors (Lipinski definition) is 4. The number of nitrogens with one attached hydrogen (secondary N) is 3. The minimum atomic E-state index is -1.06. The molecule has 5 fully saturated rings. The van der Waals surface area contributed by atoms with Crippen LogP contribution in [0.4, 0.5) is 4.79 Å². The monoisotopic (exact) mass is 667 g/mol. The molecule has 1 aliphatic heterocycles. The average Bonchev–Trinajstić information content (AvgIpc) is 3.59. The van der Waals surface area contributed by atoms with E-state index in [1.54, 1.807) is 16.2 Å². The lowest BCUT2D eigenvalue weighted by Crippen LogP contribution is -2.62. The highest BCUT2D eigenvalue weighted by atomic mass is 32.1. The zero-order valence-electron chi connectivity index (χ0n) is 28.1. The zero-order valence-corrected chi connectivity index (χ0v) is 28.9. The van der Waals surface area contributed by atoms with Gasteiger partial charge in [-0.2, -0.15) is 0 Å². The van der Waals surface area contributed by atoms with E-state index in [1.807, 2.05) is 6.07 Å². The number of amides is 5. The number of nitrogens with two attached hydrogens (primary N) is 1. The summed E-state index contributed by atoms with van der Waals surface area (Å²) in [5.74, 6) is -2.10. The van der Waals surface area contributed by atoms with Gasteiger partial charge >= 0.3 is 6.03 Å². The van der Waals surface area contributed by atoms with E-state index in [-0.39, 0.29) is 46.6 Å². The number of hydrogen-bond acceptors (Lipinski definition) is 6. The smallest absolute Gasteiger partial charge is 0.315 e. The molecule has 5 atom stereocenters. The number of fused-ring (bicyclic) bond motifs is 1. The van der Waals surface area contributed by atoms with Gasteiger partial charge in [-0.15, -0.1) is 11.3 Å². The summed E-state index contributed by atoms with van der Waals surface area (Å²) in [4.78, 5) is 70.3. The summed E-state index contributed by atoms with van der Waals surface area (Å²) in [6.07, 6.45) is 13.7. The van der Waals surface area contributed by atoms with Crippen molar-refractivity contribution in [1.29, 1.82) is 0 Å². The molecule has 1 saturated heterocycles. The molecule has 1 unspecified atom stereocenters. The maximum atomic E-state index is 14.7. The van der Waals surface area contributed by atoms with Crippen molar-refractivity contribution in [3.63, 3.8) is 0 Å². The first-order chi connectivity index (χ1) is 22.5. The van der Waals surface area contributed by atoms with Gasteiger partial charge in [0.25, 0.3) is 5.91 Å². The molecule has 2 heterocycles. The van der Waals surface area contributed by atoms with E-state index < -0.39 is 35.7 Å². The summed E-state index contributed by atoms with van der Waals surface area (Å²) in [6, 6.07) is 1.36. The van der Waals surface area contributed by atoms with Crippen molar-refractivity contribution in [3.8, 4) is 0 Å². The van der Waals surface area contributed by atoms with Crippen molar-refractivity contribution < 1.29 is 24.0 Å². The lowest BCUT2D eigenvalue weighted by Gasteiger charge is -2.48. The van der Waals surface area contributed by atoms with Crippen LogP contribution in [0.15, 0.2) is 17.5 Å². The first-order valence-corrected chi connectivity index (χ1v) is 18.9. The highest BCUT2D eigenvalue weighted by molar-refractivity contribution is 7.09. The summed E-state index contributed by atoms with van der Waals surface area (Å²) in [6.45, 7) is 4.77. The maximum absolute atomic E-state index is 14.7. The summed E-state index contributed by atoms with van der Waals surface area (Å²) in [5, 5.41) is 11.5. The fraction of sp³-hybridized carbons (Fsp3) is 0.750. The van der Waals surface area contributed by atoms with E-state index in [9.17, 15) is 24.0 Å². The van der Waals surface area contributed by atoms with E-state index in [2.05, 4.69) is 41.2 Å². The molecule has 258 valence electrons. The Morgan fingerprint density at radius 3 is 2.30 bits per heavy atom. The maximum Gasteiger partial charge on any atom is 0.315 e. The second kappa shape index (κ2) is 13.9. The van der Waals surface area contributed by atoms with Crippen molar-refractivity contribution in [2.45, 2.75) is 134 Å². The third kappa shape index (κ3) is 7.55. The second-order valence-electron chi connectivity index (χ2n) is 15.9. The number of Topliss-reactive ketones (excluding diaryl/α,β-unsaturated/α-hetero) is 1. The summed E-state index contributed by atoms with van der Waals surface area (Å²) >= 11 is 1.71. The van der Waals surface area contributed by atoms with Gasteiger partial charge in [-0.25, -0.2) is 4.79 Å². The van der Waals surface area contributed by atoms with Crippen LogP contribution in [0.2, 0.25) is 0 Å². The van der Waals surface area contributed by atoms with E-state index in [1.165, 1.54) is 4.88 Å². The molecule has 10 nitrogen and oxygen atoms in total. The van der Waals surface area contributed by atoms with E-state index in [0.717, 1.165) is 89.9 Å². The molecule has 5 amide bonds. The van der Waals surface area contributed by atoms with Crippen LogP contribution in [0.5, 0.6) is 0 Å². The molecule has 4 aliphatic carbocycles. The molecule has 0 bridgehead atoms. The van der Waals surface area contributed by atoms with Gasteiger partial charge in [0.1, 0.15) is 12.1 Å². The van der Waals surface area contributed by atoms with Crippen LogP contribution in [-0.4, -0.2) is 64.6 Å². The predicted octanol–water partition coefficient (Wildman–Crippen LogP) is 4.45. The van der Waals surface area contributed by atoms with Crippen LogP contribution in [0.3, 0.4) is 0 Å². The molecule has 1 aromatic heterocycles. The van der Waals surface area contributed by atoms with Crippen LogP contribution in [0.25, 0.3) is 0 Å². The van der Waals surface area contributed by atoms with Gasteiger partial charge in [-0.3, -0.25) is 19.2 Å². The summed E-state index contributed by atoms with van der Waals surface area (Å²) < 4.78 is 0. The first-order valence-electron chi connectivity index (χ1n) is 18.0. The summed E-state index contributed by atoms with van der Waals surface area (Å²) in [7, 11) is 0. The Labute approximate surface area is 282 Å². The lowest BCUT2D eigenvalue weighted by atomic mass is 9.55. The Balaban J connectivity index is 1.23. The van der Waals surface area contributed by atoms with Crippen LogP contribution in [0.1, 0.15) is 109 Å². The van der Waals surface area contributed by atoms with Gasteiger partial charge in [0.15, 0.2) is 0 Å². The Morgan fingerprint density at radius 2 is 1.68 bits per heavy atom. The number of carbonyl (C=O) groups is 5. The number of carbonyl (C=O) groups excluding carboxylic acids is 5. The topological polar surface area (TPSA) is 151 Å². The average molecular weight is 668 g/mol. The van der Waals surface area contributed by atoms with Gasteiger partial charge in [0.2, 0.25) is 17.6 Å². The van der Waals surface area contributed by atoms with Gasteiger partial charge < -0.3 is 26.6 Å². The number of primary amides is 1. The second-order valence-corrected chi connectivity index (χ2v) is 17.0. The van der Waals surface area contributed by atoms with Gasteiger partial charge in [0.05, 0.1) is 6.04 Å². The number of thiophene rings is 1. The van der Waals surface area contributed by atoms with Gasteiger partial charge in [-0.1, -0.05) is 71.3 Å². The van der Waals surface area contributed by atoms with Crippen molar-refractivity contribution in [2.24, 2.45) is 34.8 Å². The fourth-order valence-corrected chi connectivity index (χ4v) is 10.1. The molecular formula is C36H53N5O5S. The molecule has 0 spiro atoms. The lowest BCUT2D eigenvalue weighted by molar-refractivity contribution is -0.144. The number of ketones is 1. The number of rotatable bonds is 12. The molecule has 47 heavy (non-hydrogen) atoms. The normalized spacial score (nSPS) is 27.9. The van der Waals surface area contributed by atoms with Gasteiger partial charge in [-0.05, 0) is 79.1 Å². The Bertz CT molecular complexity index is 1330. The van der Waals surface area contributed by atoms with E-state index in [4.69, 9.17) is 5.73 Å². The number of nitrogens with zero attached hydrogens (tertiary/aromatic N) is 1. The third-order valence-electron chi connectivity index (χ3n) is 12.1. The highest BCUT2D eigenvalue weighted by Crippen LogP contribution is 2.57. The fourth-order valence-electron chi connectivity index (χ4n) is 9.27. The van der Waals surface area contributed by atoms with Gasteiger partial charge in [0, 0.05) is 23.4 Å². The minimum absolute atomic E-state index is 0.0179. The highest BCUT2D eigenvalue weighted by Gasteiger charge is 2.61. The summed E-state index contributed by atoms with van der Waals surface area (Å²) in [5.41, 5.74) is 4.98. The largest absolute Gasteiger partial charge is 0.363 e. The van der Waals surface area contributed by atoms with E-state index in [0.29, 0.717) is 13.0 Å². The molecule has 6 rings (SSSR count). The SMILES string of the molecule is CC1(C)C[C@@H]2[C@@H](C(=O)NC(CC3CC3)C(=O)C(N)=O)N(C(=O)[C@@H](NC(=O)NC3(Cc4cccs4)CCCCC3)C3CCCCC3)C[C@@H]21. The number of urea groups is 1. The van der Waals surface area contributed by atoms with Crippen LogP contribution >= 0.6 is 11.3 Å². The third-order valence-corrected chi connectivity index (χ3v) is 12.9. The quantitative estimate of drug-likeness (QED) is 0.243.